The molecule has 3 aromatic rings. The highest BCUT2D eigenvalue weighted by Gasteiger charge is 2.28. The molecule has 0 spiro atoms. The third kappa shape index (κ3) is 4.54. The normalized spacial score (nSPS) is 19.0. The van der Waals surface area contributed by atoms with E-state index < -0.39 is 0 Å². The van der Waals surface area contributed by atoms with Crippen LogP contribution in [0.1, 0.15) is 74.5 Å². The summed E-state index contributed by atoms with van der Waals surface area (Å²) in [6, 6.07) is 19.6. The monoisotopic (exact) mass is 384 g/mol. The summed E-state index contributed by atoms with van der Waals surface area (Å²) < 4.78 is 13.2. The van der Waals surface area contributed by atoms with Crippen molar-refractivity contribution in [3.63, 3.8) is 0 Å². The highest BCUT2D eigenvalue weighted by molar-refractivity contribution is 5.88. The van der Waals surface area contributed by atoms with Gasteiger partial charge >= 0.3 is 0 Å². The Kier molecular flexibility index (Phi) is 6.30. The molecule has 2 atom stereocenters. The fourth-order valence-corrected chi connectivity index (χ4v) is 4.88. The van der Waals surface area contributed by atoms with Gasteiger partial charge in [-0.05, 0) is 77.8 Å². The molecule has 1 fully saturated rings. The quantitative estimate of drug-likeness (QED) is 0.402. The Morgan fingerprint density at radius 1 is 0.897 bits per heavy atom. The van der Waals surface area contributed by atoms with Gasteiger partial charge in [-0.25, -0.2) is 4.39 Å². The maximum Gasteiger partial charge on any atom is 0.123 e. The van der Waals surface area contributed by atoms with Crippen LogP contribution in [0.5, 0.6) is 0 Å². The maximum atomic E-state index is 13.2. The standard InChI is InChI=1S/C28H29F/c1-2-3-8-22-9-4-6-11-26(22)28-24(16-13-21-14-19-25(29)20-15-21)18-17-23-10-5-7-12-27(23)28/h5,7,10,12,14-15,17-20,22,26H,2-4,6,8-9,11H2,1H3. The number of hydrogen-bond donors (Lipinski definition) is 0. The van der Waals surface area contributed by atoms with Crippen molar-refractivity contribution in [1.29, 1.82) is 0 Å². The third-order valence-corrected chi connectivity index (χ3v) is 6.36. The van der Waals surface area contributed by atoms with E-state index in [1.54, 1.807) is 12.1 Å². The Morgan fingerprint density at radius 3 is 2.52 bits per heavy atom. The fraction of sp³-hybridized carbons (Fsp3) is 0.357. The fourth-order valence-electron chi connectivity index (χ4n) is 4.88. The van der Waals surface area contributed by atoms with Gasteiger partial charge in [0.1, 0.15) is 5.82 Å². The van der Waals surface area contributed by atoms with Crippen molar-refractivity contribution >= 4 is 10.8 Å². The van der Waals surface area contributed by atoms with Gasteiger partial charge in [-0.2, -0.15) is 0 Å². The summed E-state index contributed by atoms with van der Waals surface area (Å²) in [4.78, 5) is 0. The topological polar surface area (TPSA) is 0 Å². The summed E-state index contributed by atoms with van der Waals surface area (Å²) in [6.45, 7) is 2.29. The molecule has 0 bridgehead atoms. The smallest absolute Gasteiger partial charge is 0.123 e. The predicted octanol–water partition coefficient (Wildman–Crippen LogP) is 7.84. The van der Waals surface area contributed by atoms with Crippen molar-refractivity contribution in [1.82, 2.24) is 0 Å². The van der Waals surface area contributed by atoms with Crippen LogP contribution in [-0.4, -0.2) is 0 Å². The Hall–Kier alpha value is -2.59. The number of rotatable bonds is 4. The van der Waals surface area contributed by atoms with Crippen molar-refractivity contribution < 1.29 is 4.39 Å². The van der Waals surface area contributed by atoms with Crippen LogP contribution in [-0.2, 0) is 0 Å². The number of hydrogen-bond acceptors (Lipinski definition) is 0. The molecule has 0 saturated heterocycles. The number of benzene rings is 3. The molecular formula is C28H29F. The molecule has 2 unspecified atom stereocenters. The highest BCUT2D eigenvalue weighted by Crippen LogP contribution is 2.44. The molecule has 1 aliphatic rings. The average Bonchev–Trinajstić information content (AvgIpc) is 2.77. The summed E-state index contributed by atoms with van der Waals surface area (Å²) in [6.07, 6.45) is 9.13. The van der Waals surface area contributed by atoms with Gasteiger partial charge in [0.15, 0.2) is 0 Å². The van der Waals surface area contributed by atoms with Crippen LogP contribution >= 0.6 is 0 Å². The number of fused-ring (bicyclic) bond motifs is 1. The van der Waals surface area contributed by atoms with E-state index in [1.165, 1.54) is 73.4 Å². The largest absolute Gasteiger partial charge is 0.207 e. The van der Waals surface area contributed by atoms with Crippen LogP contribution in [0.3, 0.4) is 0 Å². The van der Waals surface area contributed by atoms with Crippen molar-refractivity contribution in [2.75, 3.05) is 0 Å². The van der Waals surface area contributed by atoms with Gasteiger partial charge in [0.25, 0.3) is 0 Å². The van der Waals surface area contributed by atoms with Gasteiger partial charge in [0, 0.05) is 11.1 Å². The van der Waals surface area contributed by atoms with Crippen molar-refractivity contribution in [2.45, 2.75) is 57.8 Å². The molecule has 0 N–H and O–H groups in total. The molecule has 0 heterocycles. The lowest BCUT2D eigenvalue weighted by Crippen LogP contribution is -2.19. The minimum Gasteiger partial charge on any atom is -0.207 e. The van der Waals surface area contributed by atoms with E-state index >= 15 is 0 Å². The van der Waals surface area contributed by atoms with Crippen LogP contribution in [0.4, 0.5) is 4.39 Å². The lowest BCUT2D eigenvalue weighted by atomic mass is 9.71. The minimum atomic E-state index is -0.220. The maximum absolute atomic E-state index is 13.2. The van der Waals surface area contributed by atoms with Crippen LogP contribution in [0, 0.1) is 23.6 Å². The second kappa shape index (κ2) is 9.27. The molecule has 1 heteroatoms. The molecule has 0 aliphatic heterocycles. The first kappa shape index (κ1) is 19.7. The van der Waals surface area contributed by atoms with Crippen LogP contribution in [0.2, 0.25) is 0 Å². The molecule has 148 valence electrons. The van der Waals surface area contributed by atoms with E-state index in [-0.39, 0.29) is 5.82 Å². The molecule has 0 aromatic heterocycles. The third-order valence-electron chi connectivity index (χ3n) is 6.36. The van der Waals surface area contributed by atoms with Crippen LogP contribution in [0.25, 0.3) is 10.8 Å². The van der Waals surface area contributed by atoms with E-state index in [0.29, 0.717) is 5.92 Å². The molecule has 0 nitrogen and oxygen atoms in total. The lowest BCUT2D eigenvalue weighted by molar-refractivity contribution is 0.286. The van der Waals surface area contributed by atoms with Gasteiger partial charge in [0.2, 0.25) is 0 Å². The zero-order chi connectivity index (χ0) is 20.1. The first-order valence-electron chi connectivity index (χ1n) is 11.1. The Morgan fingerprint density at radius 2 is 1.69 bits per heavy atom. The van der Waals surface area contributed by atoms with Crippen molar-refractivity contribution in [3.8, 4) is 11.8 Å². The molecule has 4 rings (SSSR count). The lowest BCUT2D eigenvalue weighted by Gasteiger charge is -2.33. The van der Waals surface area contributed by atoms with Crippen molar-refractivity contribution in [2.24, 2.45) is 5.92 Å². The van der Waals surface area contributed by atoms with Crippen LogP contribution < -0.4 is 0 Å². The van der Waals surface area contributed by atoms with E-state index in [1.807, 2.05) is 0 Å². The average molecular weight is 385 g/mol. The predicted molar refractivity (Wildman–Crippen MR) is 121 cm³/mol. The summed E-state index contributed by atoms with van der Waals surface area (Å²) in [7, 11) is 0. The molecule has 29 heavy (non-hydrogen) atoms. The van der Waals surface area contributed by atoms with Gasteiger partial charge in [-0.15, -0.1) is 0 Å². The second-order valence-electron chi connectivity index (χ2n) is 8.30. The van der Waals surface area contributed by atoms with Crippen molar-refractivity contribution in [3.05, 3.63) is 83.2 Å². The number of halogens is 1. The highest BCUT2D eigenvalue weighted by atomic mass is 19.1. The first-order valence-corrected chi connectivity index (χ1v) is 11.1. The molecule has 0 amide bonds. The number of unbranched alkanes of at least 4 members (excludes halogenated alkanes) is 1. The summed E-state index contributed by atoms with van der Waals surface area (Å²) >= 11 is 0. The summed E-state index contributed by atoms with van der Waals surface area (Å²) in [5, 5.41) is 2.65. The zero-order valence-corrected chi connectivity index (χ0v) is 17.3. The Balaban J connectivity index is 1.80. The second-order valence-corrected chi connectivity index (χ2v) is 8.30. The zero-order valence-electron chi connectivity index (χ0n) is 17.3. The van der Waals surface area contributed by atoms with E-state index in [9.17, 15) is 4.39 Å². The summed E-state index contributed by atoms with van der Waals surface area (Å²) in [5.74, 6) is 7.83. The molecule has 1 saturated carbocycles. The van der Waals surface area contributed by atoms with E-state index in [4.69, 9.17) is 0 Å². The molecule has 0 radical (unpaired) electrons. The molecule has 3 aromatic carbocycles. The Labute approximate surface area is 174 Å². The minimum absolute atomic E-state index is 0.220. The van der Waals surface area contributed by atoms with Gasteiger partial charge < -0.3 is 0 Å². The van der Waals surface area contributed by atoms with E-state index in [2.05, 4.69) is 55.2 Å². The SMILES string of the molecule is CCCCC1CCCCC1c1c(C#Cc2ccc(F)cc2)ccc2ccccc12. The van der Waals surface area contributed by atoms with Crippen LogP contribution in [0.15, 0.2) is 60.7 Å². The Bertz CT molecular complexity index is 1020. The molecular weight excluding hydrogens is 355 g/mol. The van der Waals surface area contributed by atoms with Gasteiger partial charge in [-0.3, -0.25) is 0 Å². The van der Waals surface area contributed by atoms with Gasteiger partial charge in [0.05, 0.1) is 0 Å². The first-order chi connectivity index (χ1) is 14.3. The van der Waals surface area contributed by atoms with Gasteiger partial charge in [-0.1, -0.05) is 74.8 Å². The van der Waals surface area contributed by atoms with E-state index in [0.717, 1.165) is 17.0 Å². The summed E-state index contributed by atoms with van der Waals surface area (Å²) in [5.41, 5.74) is 3.44. The molecule has 1 aliphatic carbocycles.